The Morgan fingerprint density at radius 1 is 1.50 bits per heavy atom. The second-order valence-corrected chi connectivity index (χ2v) is 2.68. The Bertz CT molecular complexity index is 401. The fourth-order valence-corrected chi connectivity index (χ4v) is 1.33. The van der Waals surface area contributed by atoms with Gasteiger partial charge in [0.25, 0.3) is 0 Å². The van der Waals surface area contributed by atoms with Crippen LogP contribution in [0.1, 0.15) is 12.7 Å². The first-order chi connectivity index (χ1) is 5.83. The minimum atomic E-state index is 0.273. The molecule has 0 atom stereocenters. The van der Waals surface area contributed by atoms with Gasteiger partial charge in [-0.1, -0.05) is 19.1 Å². The second kappa shape index (κ2) is 2.55. The van der Waals surface area contributed by atoms with Crippen LogP contribution in [0.3, 0.4) is 0 Å². The molecule has 0 saturated heterocycles. The molecule has 0 aliphatic carbocycles. The van der Waals surface area contributed by atoms with Crippen LogP contribution in [-0.2, 0) is 6.42 Å². The summed E-state index contributed by atoms with van der Waals surface area (Å²) in [6.45, 7) is 1.98. The third kappa shape index (κ3) is 0.881. The van der Waals surface area contributed by atoms with Crippen molar-refractivity contribution in [1.29, 1.82) is 0 Å². The Morgan fingerprint density at radius 3 is 3.08 bits per heavy atom. The summed E-state index contributed by atoms with van der Waals surface area (Å²) in [6, 6.07) is 5.31. The molecular formula is C10H9O2. The molecule has 2 rings (SSSR count). The Kier molecular flexibility index (Phi) is 1.54. The average Bonchev–Trinajstić information content (AvgIpc) is 2.49. The third-order valence-corrected chi connectivity index (χ3v) is 1.93. The molecule has 1 N–H and O–H groups in total. The molecule has 1 heterocycles. The van der Waals surface area contributed by atoms with Crippen molar-refractivity contribution in [3.8, 4) is 5.75 Å². The molecule has 1 aromatic carbocycles. The van der Waals surface area contributed by atoms with E-state index in [1.54, 1.807) is 12.1 Å². The molecule has 0 unspecified atom stereocenters. The number of phenols is 1. The van der Waals surface area contributed by atoms with Gasteiger partial charge in [-0.15, -0.1) is 0 Å². The molecule has 2 aromatic rings. The van der Waals surface area contributed by atoms with Gasteiger partial charge in [-0.3, -0.25) is 0 Å². The highest BCUT2D eigenvalue weighted by Gasteiger charge is 2.07. The van der Waals surface area contributed by atoms with Crippen LogP contribution in [0, 0.1) is 6.26 Å². The van der Waals surface area contributed by atoms with Crippen molar-refractivity contribution in [2.75, 3.05) is 0 Å². The van der Waals surface area contributed by atoms with Gasteiger partial charge in [0.1, 0.15) is 11.5 Å². The summed E-state index contributed by atoms with van der Waals surface area (Å²) in [6.07, 6.45) is 3.52. The van der Waals surface area contributed by atoms with Crippen LogP contribution in [0.15, 0.2) is 22.6 Å². The van der Waals surface area contributed by atoms with Crippen LogP contribution >= 0.6 is 0 Å². The van der Waals surface area contributed by atoms with E-state index >= 15 is 0 Å². The number of rotatable bonds is 1. The van der Waals surface area contributed by atoms with Crippen molar-refractivity contribution in [3.05, 3.63) is 30.2 Å². The van der Waals surface area contributed by atoms with E-state index < -0.39 is 0 Å². The number of aryl methyl sites for hydroxylation is 1. The van der Waals surface area contributed by atoms with Gasteiger partial charge in [0.15, 0.2) is 6.26 Å². The smallest absolute Gasteiger partial charge is 0.178 e. The SMILES string of the molecule is CCc1o[c]c2cccc(O)c12. The van der Waals surface area contributed by atoms with Gasteiger partial charge < -0.3 is 9.52 Å². The third-order valence-electron chi connectivity index (χ3n) is 1.93. The molecule has 61 valence electrons. The highest BCUT2D eigenvalue weighted by Crippen LogP contribution is 2.29. The van der Waals surface area contributed by atoms with Crippen molar-refractivity contribution < 1.29 is 9.52 Å². The fourth-order valence-electron chi connectivity index (χ4n) is 1.33. The van der Waals surface area contributed by atoms with Gasteiger partial charge in [-0.05, 0) is 6.07 Å². The summed E-state index contributed by atoms with van der Waals surface area (Å²) in [4.78, 5) is 0. The zero-order valence-electron chi connectivity index (χ0n) is 6.79. The van der Waals surface area contributed by atoms with Gasteiger partial charge in [0.2, 0.25) is 0 Å². The maximum Gasteiger partial charge on any atom is 0.178 e. The lowest BCUT2D eigenvalue weighted by Gasteiger charge is -1.94. The molecule has 0 fully saturated rings. The molecule has 1 aromatic heterocycles. The molecule has 2 nitrogen and oxygen atoms in total. The van der Waals surface area contributed by atoms with E-state index in [2.05, 4.69) is 6.26 Å². The van der Waals surface area contributed by atoms with Gasteiger partial charge in [-0.2, -0.15) is 0 Å². The summed E-state index contributed by atoms with van der Waals surface area (Å²) in [7, 11) is 0. The lowest BCUT2D eigenvalue weighted by molar-refractivity contribution is 0.476. The van der Waals surface area contributed by atoms with E-state index in [0.29, 0.717) is 0 Å². The molecule has 0 spiro atoms. The molecule has 0 aliphatic heterocycles. The Balaban J connectivity index is 2.83. The van der Waals surface area contributed by atoms with E-state index in [9.17, 15) is 5.11 Å². The zero-order valence-corrected chi connectivity index (χ0v) is 6.79. The maximum atomic E-state index is 9.49. The monoisotopic (exact) mass is 161 g/mol. The van der Waals surface area contributed by atoms with Gasteiger partial charge >= 0.3 is 0 Å². The first-order valence-electron chi connectivity index (χ1n) is 3.94. The summed E-state index contributed by atoms with van der Waals surface area (Å²) >= 11 is 0. The summed E-state index contributed by atoms with van der Waals surface area (Å²) in [5.74, 6) is 1.07. The molecule has 2 heteroatoms. The van der Waals surface area contributed by atoms with Crippen LogP contribution < -0.4 is 0 Å². The molecule has 0 saturated carbocycles. The molecule has 1 radical (unpaired) electrons. The van der Waals surface area contributed by atoms with Crippen LogP contribution in [0.2, 0.25) is 0 Å². The van der Waals surface area contributed by atoms with E-state index in [-0.39, 0.29) is 5.75 Å². The van der Waals surface area contributed by atoms with E-state index in [1.807, 2.05) is 13.0 Å². The zero-order chi connectivity index (χ0) is 8.55. The number of furan rings is 1. The molecule has 0 amide bonds. The van der Waals surface area contributed by atoms with Crippen molar-refractivity contribution >= 4 is 10.8 Å². The number of fused-ring (bicyclic) bond motifs is 1. The topological polar surface area (TPSA) is 33.4 Å². The molecule has 12 heavy (non-hydrogen) atoms. The van der Waals surface area contributed by atoms with Crippen molar-refractivity contribution in [2.24, 2.45) is 0 Å². The first-order valence-corrected chi connectivity index (χ1v) is 3.94. The van der Waals surface area contributed by atoms with Gasteiger partial charge in [-0.25, -0.2) is 0 Å². The quantitative estimate of drug-likeness (QED) is 0.697. The highest BCUT2D eigenvalue weighted by atomic mass is 16.3. The van der Waals surface area contributed by atoms with Gasteiger partial charge in [0, 0.05) is 11.8 Å². The van der Waals surface area contributed by atoms with Crippen LogP contribution in [0.25, 0.3) is 10.8 Å². The van der Waals surface area contributed by atoms with Crippen LogP contribution in [-0.4, -0.2) is 5.11 Å². The van der Waals surface area contributed by atoms with E-state index in [4.69, 9.17) is 4.42 Å². The second-order valence-electron chi connectivity index (χ2n) is 2.68. The molecular weight excluding hydrogens is 152 g/mol. The van der Waals surface area contributed by atoms with Crippen molar-refractivity contribution in [3.63, 3.8) is 0 Å². The Morgan fingerprint density at radius 2 is 2.33 bits per heavy atom. The largest absolute Gasteiger partial charge is 0.507 e. The normalized spacial score (nSPS) is 10.8. The van der Waals surface area contributed by atoms with E-state index in [0.717, 1.165) is 23.0 Å². The Hall–Kier alpha value is -1.44. The molecule has 0 aliphatic rings. The maximum absolute atomic E-state index is 9.49. The lowest BCUT2D eigenvalue weighted by atomic mass is 10.1. The number of hydrogen-bond donors (Lipinski definition) is 1. The van der Waals surface area contributed by atoms with Crippen LogP contribution in [0.4, 0.5) is 0 Å². The van der Waals surface area contributed by atoms with Crippen molar-refractivity contribution in [2.45, 2.75) is 13.3 Å². The van der Waals surface area contributed by atoms with Crippen LogP contribution in [0.5, 0.6) is 5.75 Å². The summed E-state index contributed by atoms with van der Waals surface area (Å²) in [5.41, 5.74) is 0. The minimum absolute atomic E-state index is 0.273. The lowest BCUT2D eigenvalue weighted by Crippen LogP contribution is -1.75. The highest BCUT2D eigenvalue weighted by molar-refractivity contribution is 5.89. The first kappa shape index (κ1) is 7.22. The average molecular weight is 161 g/mol. The Labute approximate surface area is 70.4 Å². The van der Waals surface area contributed by atoms with E-state index in [1.165, 1.54) is 0 Å². The fraction of sp³-hybridized carbons (Fsp3) is 0.200. The number of aromatic hydroxyl groups is 1. The standard InChI is InChI=1S/C10H9O2/c1-2-9-10-7(6-12-9)4-3-5-8(10)11/h3-5,11H,2H2,1H3. The van der Waals surface area contributed by atoms with Crippen molar-refractivity contribution in [1.82, 2.24) is 0 Å². The summed E-state index contributed by atoms with van der Waals surface area (Å²) < 4.78 is 5.16. The van der Waals surface area contributed by atoms with Gasteiger partial charge in [0.05, 0.1) is 5.39 Å². The number of benzene rings is 1. The number of hydrogen-bond acceptors (Lipinski definition) is 2. The molecule has 0 bridgehead atoms. The predicted molar refractivity (Wildman–Crippen MR) is 46.1 cm³/mol. The summed E-state index contributed by atoms with van der Waals surface area (Å²) in [5, 5.41) is 11.1. The minimum Gasteiger partial charge on any atom is -0.507 e. The predicted octanol–water partition coefficient (Wildman–Crippen LogP) is 2.50. The number of phenolic OH excluding ortho intramolecular Hbond substituents is 1.